The van der Waals surface area contributed by atoms with Gasteiger partial charge in [0.1, 0.15) is 5.82 Å². The lowest BCUT2D eigenvalue weighted by Gasteiger charge is -1.97. The van der Waals surface area contributed by atoms with Crippen LogP contribution in [-0.4, -0.2) is 16.3 Å². The molecule has 0 saturated heterocycles. The number of halogens is 3. The summed E-state index contributed by atoms with van der Waals surface area (Å²) in [4.78, 5) is 7.32. The standard InChI is InChI=1S/C16H11BrClFN2O/c17-11-5-6-12-14(15(11)18)16(22)13(21-12)8-20-7-9-1-3-10(19)4-2-9/h1-6,8,21-22H,7H2. The van der Waals surface area contributed by atoms with Crippen LogP contribution in [0.3, 0.4) is 0 Å². The Kier molecular flexibility index (Phi) is 4.18. The van der Waals surface area contributed by atoms with Crippen LogP contribution in [0.5, 0.6) is 5.75 Å². The molecule has 1 heterocycles. The van der Waals surface area contributed by atoms with Gasteiger partial charge in [-0.3, -0.25) is 4.99 Å². The molecule has 0 aliphatic carbocycles. The quantitative estimate of drug-likeness (QED) is 0.613. The van der Waals surface area contributed by atoms with Crippen molar-refractivity contribution in [1.29, 1.82) is 0 Å². The highest BCUT2D eigenvalue weighted by molar-refractivity contribution is 9.10. The normalized spacial score (nSPS) is 11.6. The third kappa shape index (κ3) is 2.87. The van der Waals surface area contributed by atoms with Crippen LogP contribution >= 0.6 is 27.5 Å². The van der Waals surface area contributed by atoms with Crippen LogP contribution < -0.4 is 0 Å². The van der Waals surface area contributed by atoms with Crippen LogP contribution in [0.25, 0.3) is 10.9 Å². The summed E-state index contributed by atoms with van der Waals surface area (Å²) >= 11 is 9.51. The highest BCUT2D eigenvalue weighted by atomic mass is 79.9. The molecule has 6 heteroatoms. The molecular weight excluding hydrogens is 371 g/mol. The van der Waals surface area contributed by atoms with Gasteiger partial charge in [0.05, 0.1) is 28.2 Å². The first-order valence-electron chi connectivity index (χ1n) is 6.49. The maximum atomic E-state index is 12.8. The number of nitrogens with zero attached hydrogens (tertiary/aromatic N) is 1. The number of aromatic amines is 1. The molecule has 0 bridgehead atoms. The molecule has 0 aliphatic heterocycles. The summed E-state index contributed by atoms with van der Waals surface area (Å²) in [7, 11) is 0. The first kappa shape index (κ1) is 15.1. The zero-order chi connectivity index (χ0) is 15.7. The van der Waals surface area contributed by atoms with Crippen molar-refractivity contribution in [3.8, 4) is 5.75 Å². The van der Waals surface area contributed by atoms with Gasteiger partial charge in [-0.1, -0.05) is 23.7 Å². The Balaban J connectivity index is 1.87. The number of benzene rings is 2. The van der Waals surface area contributed by atoms with Gasteiger partial charge < -0.3 is 10.1 Å². The average Bonchev–Trinajstić information content (AvgIpc) is 2.82. The third-order valence-corrected chi connectivity index (χ3v) is 4.55. The van der Waals surface area contributed by atoms with Gasteiger partial charge in [0.2, 0.25) is 0 Å². The van der Waals surface area contributed by atoms with Crippen molar-refractivity contribution < 1.29 is 9.50 Å². The Morgan fingerprint density at radius 3 is 2.68 bits per heavy atom. The number of rotatable bonds is 3. The third-order valence-electron chi connectivity index (χ3n) is 3.26. The highest BCUT2D eigenvalue weighted by Crippen LogP contribution is 2.38. The molecule has 0 radical (unpaired) electrons. The number of aromatic hydroxyl groups is 1. The summed E-state index contributed by atoms with van der Waals surface area (Å²) in [5.41, 5.74) is 2.10. The van der Waals surface area contributed by atoms with Gasteiger partial charge in [0.25, 0.3) is 0 Å². The summed E-state index contributed by atoms with van der Waals surface area (Å²) in [5.74, 6) is -0.217. The molecule has 0 saturated carbocycles. The maximum absolute atomic E-state index is 12.8. The van der Waals surface area contributed by atoms with E-state index in [4.69, 9.17) is 11.6 Å². The number of aromatic nitrogens is 1. The van der Waals surface area contributed by atoms with Crippen LogP contribution in [0, 0.1) is 5.82 Å². The summed E-state index contributed by atoms with van der Waals surface area (Å²) < 4.78 is 13.5. The van der Waals surface area contributed by atoms with E-state index in [0.29, 0.717) is 27.1 Å². The largest absolute Gasteiger partial charge is 0.505 e. The number of fused-ring (bicyclic) bond motifs is 1. The predicted octanol–water partition coefficient (Wildman–Crippen LogP) is 5.05. The van der Waals surface area contributed by atoms with E-state index in [1.54, 1.807) is 24.4 Å². The molecule has 2 aromatic carbocycles. The van der Waals surface area contributed by atoms with Gasteiger partial charge >= 0.3 is 0 Å². The number of nitrogens with one attached hydrogen (secondary N) is 1. The SMILES string of the molecule is Oc1c(C=NCc2ccc(F)cc2)[nH]c2ccc(Br)c(Cl)c12. The lowest BCUT2D eigenvalue weighted by Crippen LogP contribution is -1.85. The monoisotopic (exact) mass is 380 g/mol. The van der Waals surface area contributed by atoms with Crippen molar-refractivity contribution in [3.05, 3.63) is 63.0 Å². The minimum Gasteiger partial charge on any atom is -0.505 e. The number of hydrogen-bond acceptors (Lipinski definition) is 2. The van der Waals surface area contributed by atoms with Crippen molar-refractivity contribution in [2.75, 3.05) is 0 Å². The Labute approximate surface area is 139 Å². The molecule has 3 rings (SSSR count). The van der Waals surface area contributed by atoms with E-state index in [9.17, 15) is 9.50 Å². The van der Waals surface area contributed by atoms with Crippen molar-refractivity contribution >= 4 is 44.6 Å². The van der Waals surface area contributed by atoms with E-state index in [0.717, 1.165) is 11.1 Å². The summed E-state index contributed by atoms with van der Waals surface area (Å²) in [6.45, 7) is 0.395. The van der Waals surface area contributed by atoms with Crippen LogP contribution in [0.15, 0.2) is 45.9 Å². The average molecular weight is 382 g/mol. The summed E-state index contributed by atoms with van der Waals surface area (Å²) in [6, 6.07) is 9.75. The van der Waals surface area contributed by atoms with Gasteiger partial charge in [0, 0.05) is 10.7 Å². The number of aliphatic imine (C=N–C) groups is 1. The molecule has 0 spiro atoms. The minimum atomic E-state index is -0.277. The maximum Gasteiger partial charge on any atom is 0.151 e. The zero-order valence-electron chi connectivity index (χ0n) is 11.3. The van der Waals surface area contributed by atoms with Crippen LogP contribution in [0.4, 0.5) is 4.39 Å². The van der Waals surface area contributed by atoms with Crippen molar-refractivity contribution in [1.82, 2.24) is 4.98 Å². The fraction of sp³-hybridized carbons (Fsp3) is 0.0625. The van der Waals surface area contributed by atoms with Gasteiger partial charge in [0.15, 0.2) is 5.75 Å². The second-order valence-corrected chi connectivity index (χ2v) is 6.00. The van der Waals surface area contributed by atoms with Gasteiger partial charge in [-0.2, -0.15) is 0 Å². The van der Waals surface area contributed by atoms with Gasteiger partial charge in [-0.15, -0.1) is 0 Å². The van der Waals surface area contributed by atoms with Crippen LogP contribution in [0.2, 0.25) is 5.02 Å². The summed E-state index contributed by atoms with van der Waals surface area (Å²) in [5, 5.41) is 11.3. The van der Waals surface area contributed by atoms with E-state index < -0.39 is 0 Å². The first-order chi connectivity index (χ1) is 10.6. The lowest BCUT2D eigenvalue weighted by atomic mass is 10.2. The Morgan fingerprint density at radius 2 is 1.95 bits per heavy atom. The van der Waals surface area contributed by atoms with E-state index in [1.807, 2.05) is 6.07 Å². The molecule has 0 aliphatic rings. The molecular formula is C16H11BrClFN2O. The summed E-state index contributed by atoms with van der Waals surface area (Å²) in [6.07, 6.45) is 1.54. The fourth-order valence-electron chi connectivity index (χ4n) is 2.15. The second-order valence-electron chi connectivity index (χ2n) is 4.77. The number of hydrogen-bond donors (Lipinski definition) is 2. The van der Waals surface area contributed by atoms with Crippen LogP contribution in [0.1, 0.15) is 11.3 Å². The van der Waals surface area contributed by atoms with Crippen LogP contribution in [-0.2, 0) is 6.54 Å². The molecule has 2 N–H and O–H groups in total. The van der Waals surface area contributed by atoms with Gasteiger partial charge in [-0.25, -0.2) is 4.39 Å². The molecule has 0 amide bonds. The van der Waals surface area contributed by atoms with E-state index in [2.05, 4.69) is 25.9 Å². The minimum absolute atomic E-state index is 0.0594. The lowest BCUT2D eigenvalue weighted by molar-refractivity contribution is 0.480. The molecule has 0 fully saturated rings. The number of H-pyrrole nitrogens is 1. The van der Waals surface area contributed by atoms with Crippen molar-refractivity contribution in [3.63, 3.8) is 0 Å². The second kappa shape index (κ2) is 6.10. The van der Waals surface area contributed by atoms with Crippen molar-refractivity contribution in [2.45, 2.75) is 6.54 Å². The van der Waals surface area contributed by atoms with E-state index in [-0.39, 0.29) is 11.6 Å². The van der Waals surface area contributed by atoms with E-state index >= 15 is 0 Å². The molecule has 1 aromatic heterocycles. The fourth-order valence-corrected chi connectivity index (χ4v) is 2.74. The molecule has 0 unspecified atom stereocenters. The Bertz CT molecular complexity index is 859. The Morgan fingerprint density at radius 1 is 1.23 bits per heavy atom. The molecule has 3 aromatic rings. The first-order valence-corrected chi connectivity index (χ1v) is 7.66. The molecule has 22 heavy (non-hydrogen) atoms. The molecule has 112 valence electrons. The van der Waals surface area contributed by atoms with Crippen molar-refractivity contribution in [2.24, 2.45) is 4.99 Å². The molecule has 0 atom stereocenters. The van der Waals surface area contributed by atoms with E-state index in [1.165, 1.54) is 12.1 Å². The zero-order valence-corrected chi connectivity index (χ0v) is 13.6. The Hall–Kier alpha value is -1.85. The smallest absolute Gasteiger partial charge is 0.151 e. The molecule has 3 nitrogen and oxygen atoms in total. The highest BCUT2D eigenvalue weighted by Gasteiger charge is 2.13. The predicted molar refractivity (Wildman–Crippen MR) is 90.4 cm³/mol. The topological polar surface area (TPSA) is 48.4 Å². The van der Waals surface area contributed by atoms with Gasteiger partial charge in [-0.05, 0) is 45.8 Å².